The Morgan fingerprint density at radius 2 is 1.94 bits per heavy atom. The van der Waals surface area contributed by atoms with Gasteiger partial charge in [-0.3, -0.25) is 4.79 Å². The van der Waals surface area contributed by atoms with Crippen molar-refractivity contribution in [3.8, 4) is 5.75 Å². The summed E-state index contributed by atoms with van der Waals surface area (Å²) in [7, 11) is 0. The Hall–Kier alpha value is -1.10. The highest BCUT2D eigenvalue weighted by atomic mass is 35.5. The van der Waals surface area contributed by atoms with E-state index < -0.39 is 11.2 Å². The lowest BCUT2D eigenvalue weighted by molar-refractivity contribution is 0.419. The van der Waals surface area contributed by atoms with Gasteiger partial charge in [-0.1, -0.05) is 29.3 Å². The van der Waals surface area contributed by atoms with Gasteiger partial charge in [0.1, 0.15) is 12.0 Å². The van der Waals surface area contributed by atoms with Gasteiger partial charge in [-0.25, -0.2) is 0 Å². The largest absolute Gasteiger partial charge is 0.502 e. The van der Waals surface area contributed by atoms with Crippen LogP contribution in [0.4, 0.5) is 0 Å². The molecule has 0 spiro atoms. The normalized spacial score (nSPS) is 10.6. The van der Waals surface area contributed by atoms with Gasteiger partial charge < -0.3 is 9.52 Å². The van der Waals surface area contributed by atoms with Gasteiger partial charge in [-0.05, 0) is 12.1 Å². The van der Waals surface area contributed by atoms with Crippen LogP contribution in [0.2, 0.25) is 10.0 Å². The fraction of sp³-hybridized carbons (Fsp3) is 0.0833. The topological polar surface area (TPSA) is 50.4 Å². The minimum atomic E-state index is -0.470. The molecule has 94 valence electrons. The Morgan fingerprint density at radius 3 is 2.56 bits per heavy atom. The summed E-state index contributed by atoms with van der Waals surface area (Å²) >= 11 is 13.4. The van der Waals surface area contributed by atoms with Gasteiger partial charge in [0.05, 0.1) is 15.8 Å². The second kappa shape index (κ2) is 5.69. The van der Waals surface area contributed by atoms with Crippen molar-refractivity contribution in [3.05, 3.63) is 56.6 Å². The second-order valence-corrected chi connectivity index (χ2v) is 5.24. The van der Waals surface area contributed by atoms with E-state index in [0.717, 1.165) is 11.2 Å². The molecule has 18 heavy (non-hydrogen) atoms. The smallest absolute Gasteiger partial charge is 0.226 e. The zero-order valence-corrected chi connectivity index (χ0v) is 11.4. The van der Waals surface area contributed by atoms with Crippen LogP contribution in [0.25, 0.3) is 0 Å². The molecule has 0 saturated carbocycles. The van der Waals surface area contributed by atoms with Gasteiger partial charge >= 0.3 is 0 Å². The summed E-state index contributed by atoms with van der Waals surface area (Å²) in [6.07, 6.45) is 1.02. The zero-order valence-electron chi connectivity index (χ0n) is 9.02. The van der Waals surface area contributed by atoms with Crippen molar-refractivity contribution in [2.75, 3.05) is 0 Å². The van der Waals surface area contributed by atoms with E-state index in [2.05, 4.69) is 0 Å². The van der Waals surface area contributed by atoms with Gasteiger partial charge in [0.2, 0.25) is 5.43 Å². The first-order valence-corrected chi connectivity index (χ1v) is 6.69. The third-order valence-corrected chi connectivity index (χ3v) is 4.16. The summed E-state index contributed by atoms with van der Waals surface area (Å²) in [6, 6.07) is 6.48. The molecular weight excluding hydrogens is 295 g/mol. The highest BCUT2D eigenvalue weighted by Gasteiger charge is 2.08. The van der Waals surface area contributed by atoms with Crippen molar-refractivity contribution in [1.29, 1.82) is 0 Å². The minimum Gasteiger partial charge on any atom is -0.502 e. The van der Waals surface area contributed by atoms with Crippen LogP contribution in [0.1, 0.15) is 5.76 Å². The fourth-order valence-corrected chi connectivity index (χ4v) is 2.86. The van der Waals surface area contributed by atoms with Gasteiger partial charge in [0.25, 0.3) is 0 Å². The maximum absolute atomic E-state index is 11.2. The number of rotatable bonds is 3. The predicted molar refractivity (Wildman–Crippen MR) is 72.7 cm³/mol. The molecule has 0 saturated heterocycles. The van der Waals surface area contributed by atoms with Crippen LogP contribution in [0.15, 0.2) is 44.6 Å². The molecule has 3 nitrogen and oxygen atoms in total. The van der Waals surface area contributed by atoms with E-state index in [1.165, 1.54) is 17.8 Å². The van der Waals surface area contributed by atoms with Gasteiger partial charge in [-0.15, -0.1) is 11.8 Å². The Morgan fingerprint density at radius 1 is 1.28 bits per heavy atom. The van der Waals surface area contributed by atoms with Crippen LogP contribution in [-0.2, 0) is 5.75 Å². The van der Waals surface area contributed by atoms with E-state index in [4.69, 9.17) is 32.7 Å². The quantitative estimate of drug-likeness (QED) is 0.872. The van der Waals surface area contributed by atoms with Crippen LogP contribution in [-0.4, -0.2) is 5.11 Å². The number of halogens is 2. The first-order chi connectivity index (χ1) is 8.58. The summed E-state index contributed by atoms with van der Waals surface area (Å²) in [5, 5.41) is 10.2. The van der Waals surface area contributed by atoms with E-state index in [-0.39, 0.29) is 0 Å². The molecule has 1 aromatic heterocycles. The van der Waals surface area contributed by atoms with Crippen LogP contribution in [0, 0.1) is 0 Å². The Labute approximate surface area is 117 Å². The van der Waals surface area contributed by atoms with Crippen molar-refractivity contribution in [2.45, 2.75) is 10.6 Å². The number of benzene rings is 1. The lowest BCUT2D eigenvalue weighted by Crippen LogP contribution is -1.99. The SMILES string of the molecule is O=c1cc(CSc2c(Cl)cccc2Cl)occ1O. The van der Waals surface area contributed by atoms with Crippen molar-refractivity contribution in [1.82, 2.24) is 0 Å². The van der Waals surface area contributed by atoms with Crippen LogP contribution in [0.5, 0.6) is 5.75 Å². The molecule has 0 fully saturated rings. The van der Waals surface area contributed by atoms with E-state index in [1.807, 2.05) is 0 Å². The minimum absolute atomic E-state index is 0.402. The van der Waals surface area contributed by atoms with Gasteiger partial charge in [-0.2, -0.15) is 0 Å². The fourth-order valence-electron chi connectivity index (χ4n) is 1.28. The Kier molecular flexibility index (Phi) is 4.22. The van der Waals surface area contributed by atoms with Crippen molar-refractivity contribution in [3.63, 3.8) is 0 Å². The molecule has 1 N–H and O–H groups in total. The highest BCUT2D eigenvalue weighted by Crippen LogP contribution is 2.35. The lowest BCUT2D eigenvalue weighted by Gasteiger charge is -2.05. The van der Waals surface area contributed by atoms with Crippen LogP contribution in [0.3, 0.4) is 0 Å². The summed E-state index contributed by atoms with van der Waals surface area (Å²) in [5.74, 6) is 0.442. The molecule has 6 heteroatoms. The van der Waals surface area contributed by atoms with Crippen molar-refractivity contribution < 1.29 is 9.52 Å². The van der Waals surface area contributed by atoms with Gasteiger partial charge in [0, 0.05) is 11.0 Å². The molecule has 2 aromatic rings. The van der Waals surface area contributed by atoms with Crippen molar-refractivity contribution in [2.24, 2.45) is 0 Å². The van der Waals surface area contributed by atoms with Crippen molar-refractivity contribution >= 4 is 35.0 Å². The average molecular weight is 303 g/mol. The molecule has 0 amide bonds. The molecule has 0 aliphatic heterocycles. The summed E-state index contributed by atoms with van der Waals surface area (Å²) in [6.45, 7) is 0. The molecule has 1 heterocycles. The third-order valence-electron chi connectivity index (χ3n) is 2.14. The average Bonchev–Trinajstić information content (AvgIpc) is 2.33. The third kappa shape index (κ3) is 3.02. The standard InChI is InChI=1S/C12H8Cl2O3S/c13-8-2-1-3-9(14)12(8)18-6-7-4-10(15)11(16)5-17-7/h1-5,16H,6H2. The van der Waals surface area contributed by atoms with Crippen LogP contribution < -0.4 is 5.43 Å². The zero-order chi connectivity index (χ0) is 13.1. The number of thioether (sulfide) groups is 1. The Bertz CT molecular complexity index is 605. The lowest BCUT2D eigenvalue weighted by atomic mass is 10.4. The maximum atomic E-state index is 11.2. The van der Waals surface area contributed by atoms with E-state index in [0.29, 0.717) is 21.6 Å². The molecule has 0 aliphatic carbocycles. The summed E-state index contributed by atoms with van der Waals surface area (Å²) in [4.78, 5) is 11.9. The monoisotopic (exact) mass is 302 g/mol. The molecule has 1 aromatic carbocycles. The highest BCUT2D eigenvalue weighted by molar-refractivity contribution is 7.98. The summed E-state index contributed by atoms with van der Waals surface area (Å²) in [5.41, 5.74) is -0.470. The van der Waals surface area contributed by atoms with E-state index in [9.17, 15) is 4.79 Å². The second-order valence-electron chi connectivity index (χ2n) is 3.44. The predicted octanol–water partition coefficient (Wildman–Crippen LogP) is 3.94. The number of hydrogen-bond acceptors (Lipinski definition) is 4. The van der Waals surface area contributed by atoms with E-state index in [1.54, 1.807) is 18.2 Å². The molecule has 0 unspecified atom stereocenters. The molecule has 0 aliphatic rings. The van der Waals surface area contributed by atoms with Crippen LogP contribution >= 0.6 is 35.0 Å². The first-order valence-electron chi connectivity index (χ1n) is 4.95. The molecule has 0 bridgehead atoms. The van der Waals surface area contributed by atoms with E-state index >= 15 is 0 Å². The van der Waals surface area contributed by atoms with Gasteiger partial charge in [0.15, 0.2) is 5.75 Å². The molecular formula is C12H8Cl2O3S. The molecule has 2 rings (SSSR count). The molecule has 0 atom stereocenters. The summed E-state index contributed by atoms with van der Waals surface area (Å²) < 4.78 is 5.08. The number of aromatic hydroxyl groups is 1. The Balaban J connectivity index is 2.16. The number of hydrogen-bond donors (Lipinski definition) is 1. The maximum Gasteiger partial charge on any atom is 0.226 e. The molecule has 0 radical (unpaired) electrons. The first kappa shape index (κ1) is 13.3.